The van der Waals surface area contributed by atoms with E-state index in [1.165, 1.54) is 6.42 Å². The van der Waals surface area contributed by atoms with Gasteiger partial charge in [-0.15, -0.1) is 0 Å². The summed E-state index contributed by atoms with van der Waals surface area (Å²) in [6, 6.07) is 2.38. The van der Waals surface area contributed by atoms with Gasteiger partial charge < -0.3 is 4.90 Å². The fraction of sp³-hybridized carbons (Fsp3) is 0.588. The quantitative estimate of drug-likeness (QED) is 0.797. The molecule has 1 aromatic carbocycles. The molecule has 0 aromatic heterocycles. The molecule has 2 saturated heterocycles. The van der Waals surface area contributed by atoms with E-state index in [9.17, 15) is 18.0 Å². The average molecular weight is 311 g/mol. The minimum atomic E-state index is -1.23. The molecule has 2 aliphatic heterocycles. The highest BCUT2D eigenvalue weighted by atomic mass is 19.2. The van der Waals surface area contributed by atoms with Crippen molar-refractivity contribution in [1.29, 1.82) is 0 Å². The molecule has 120 valence electrons. The molecule has 2 nitrogen and oxygen atoms in total. The van der Waals surface area contributed by atoms with E-state index in [0.29, 0.717) is 12.1 Å². The monoisotopic (exact) mass is 311 g/mol. The van der Waals surface area contributed by atoms with E-state index in [1.807, 2.05) is 0 Å². The van der Waals surface area contributed by atoms with Crippen molar-refractivity contribution >= 4 is 5.78 Å². The maximum absolute atomic E-state index is 13.7. The minimum absolute atomic E-state index is 0.173. The Morgan fingerprint density at radius 3 is 2.36 bits per heavy atom. The Bertz CT molecular complexity index is 576. The van der Waals surface area contributed by atoms with E-state index in [-0.39, 0.29) is 18.1 Å². The van der Waals surface area contributed by atoms with Crippen LogP contribution in [0.25, 0.3) is 0 Å². The molecule has 0 aliphatic carbocycles. The summed E-state index contributed by atoms with van der Waals surface area (Å²) in [6.45, 7) is 0. The van der Waals surface area contributed by atoms with Gasteiger partial charge in [0.2, 0.25) is 0 Å². The molecule has 2 aliphatic rings. The van der Waals surface area contributed by atoms with Gasteiger partial charge in [0.1, 0.15) is 11.6 Å². The normalized spacial score (nSPS) is 28.6. The summed E-state index contributed by atoms with van der Waals surface area (Å²) in [4.78, 5) is 14.8. The van der Waals surface area contributed by atoms with Gasteiger partial charge in [-0.2, -0.15) is 0 Å². The van der Waals surface area contributed by atoms with Crippen molar-refractivity contribution < 1.29 is 18.0 Å². The van der Waals surface area contributed by atoms with Gasteiger partial charge in [-0.05, 0) is 44.9 Å². The third-order valence-electron chi connectivity index (χ3n) is 5.29. The number of nitrogens with zero attached hydrogens (tertiary/aromatic N) is 1. The number of carbonyl (C=O) groups is 1. The molecule has 2 bridgehead atoms. The maximum Gasteiger partial charge on any atom is 0.165 e. The molecular weight excluding hydrogens is 291 g/mol. The first kappa shape index (κ1) is 15.5. The molecule has 2 atom stereocenters. The summed E-state index contributed by atoms with van der Waals surface area (Å²) >= 11 is 0. The highest BCUT2D eigenvalue weighted by molar-refractivity contribution is 5.83. The third-order valence-corrected chi connectivity index (χ3v) is 5.29. The van der Waals surface area contributed by atoms with Crippen molar-refractivity contribution in [2.75, 3.05) is 7.05 Å². The number of benzene rings is 1. The van der Waals surface area contributed by atoms with E-state index in [1.54, 1.807) is 0 Å². The van der Waals surface area contributed by atoms with Gasteiger partial charge in [0.25, 0.3) is 0 Å². The standard InChI is InChI=1S/C17H20F3NO/c1-21-11-3-2-4-12(21)8-10(7-11)16(22)9-13-14(18)5-6-15(19)17(13)20/h5-6,10-12H,2-4,7-9H2,1H3. The molecule has 1 aromatic rings. The van der Waals surface area contributed by atoms with Gasteiger partial charge in [-0.1, -0.05) is 6.42 Å². The lowest BCUT2D eigenvalue weighted by Gasteiger charge is -2.46. The molecular formula is C17H20F3NO. The Morgan fingerprint density at radius 2 is 1.73 bits per heavy atom. The topological polar surface area (TPSA) is 20.3 Å². The number of Topliss-reactive ketones (excluding diaryl/α,β-unsaturated/α-hetero) is 1. The highest BCUT2D eigenvalue weighted by Crippen LogP contribution is 2.36. The molecule has 2 unspecified atom stereocenters. The number of carbonyl (C=O) groups excluding carboxylic acids is 1. The highest BCUT2D eigenvalue weighted by Gasteiger charge is 2.38. The Morgan fingerprint density at radius 1 is 1.14 bits per heavy atom. The van der Waals surface area contributed by atoms with E-state index in [2.05, 4.69) is 11.9 Å². The van der Waals surface area contributed by atoms with Crippen molar-refractivity contribution in [2.24, 2.45) is 5.92 Å². The fourth-order valence-electron chi connectivity index (χ4n) is 3.93. The van der Waals surface area contributed by atoms with Gasteiger partial charge in [-0.25, -0.2) is 13.2 Å². The maximum atomic E-state index is 13.7. The van der Waals surface area contributed by atoms with Gasteiger partial charge in [0, 0.05) is 30.0 Å². The zero-order chi connectivity index (χ0) is 15.9. The molecule has 0 spiro atoms. The van der Waals surface area contributed by atoms with Crippen LogP contribution in [0.15, 0.2) is 12.1 Å². The van der Waals surface area contributed by atoms with Crippen molar-refractivity contribution in [2.45, 2.75) is 50.6 Å². The predicted molar refractivity (Wildman–Crippen MR) is 76.9 cm³/mol. The molecule has 0 N–H and O–H groups in total. The summed E-state index contributed by atoms with van der Waals surface area (Å²) in [6.07, 6.45) is 4.44. The van der Waals surface area contributed by atoms with Gasteiger partial charge in [0.15, 0.2) is 11.6 Å². The van der Waals surface area contributed by atoms with E-state index in [0.717, 1.165) is 37.8 Å². The average Bonchev–Trinajstić information content (AvgIpc) is 2.47. The number of halogens is 3. The second-order valence-electron chi connectivity index (χ2n) is 6.54. The van der Waals surface area contributed by atoms with Crippen molar-refractivity contribution in [1.82, 2.24) is 4.90 Å². The number of rotatable bonds is 3. The first-order chi connectivity index (χ1) is 10.5. The Hall–Kier alpha value is -1.36. The van der Waals surface area contributed by atoms with Crippen LogP contribution in [0.3, 0.4) is 0 Å². The molecule has 5 heteroatoms. The van der Waals surface area contributed by atoms with Gasteiger partial charge in [-0.3, -0.25) is 4.79 Å². The fourth-order valence-corrected chi connectivity index (χ4v) is 3.93. The van der Waals surface area contributed by atoms with Crippen molar-refractivity contribution in [3.8, 4) is 0 Å². The summed E-state index contributed by atoms with van der Waals surface area (Å²) in [5.41, 5.74) is -0.436. The van der Waals surface area contributed by atoms with Crippen LogP contribution in [0.4, 0.5) is 13.2 Å². The smallest absolute Gasteiger partial charge is 0.165 e. The zero-order valence-electron chi connectivity index (χ0n) is 12.6. The first-order valence-electron chi connectivity index (χ1n) is 7.84. The largest absolute Gasteiger partial charge is 0.300 e. The van der Waals surface area contributed by atoms with E-state index in [4.69, 9.17) is 0 Å². The lowest BCUT2D eigenvalue weighted by molar-refractivity contribution is -0.126. The van der Waals surface area contributed by atoms with Crippen molar-refractivity contribution in [3.05, 3.63) is 35.1 Å². The van der Waals surface area contributed by atoms with Crippen LogP contribution in [-0.4, -0.2) is 29.8 Å². The van der Waals surface area contributed by atoms with Crippen LogP contribution in [-0.2, 0) is 11.2 Å². The van der Waals surface area contributed by atoms with Crippen molar-refractivity contribution in [3.63, 3.8) is 0 Å². The molecule has 22 heavy (non-hydrogen) atoms. The molecule has 0 saturated carbocycles. The Balaban J connectivity index is 1.74. The summed E-state index contributed by atoms with van der Waals surface area (Å²) in [5.74, 6) is -3.53. The van der Waals surface area contributed by atoms with E-state index < -0.39 is 23.0 Å². The molecule has 3 rings (SSSR count). The molecule has 2 fully saturated rings. The second-order valence-corrected chi connectivity index (χ2v) is 6.54. The summed E-state index contributed by atoms with van der Waals surface area (Å²) in [5, 5.41) is 0. The zero-order valence-corrected chi connectivity index (χ0v) is 12.6. The number of hydrogen-bond acceptors (Lipinski definition) is 2. The number of fused-ring (bicyclic) bond motifs is 2. The lowest BCUT2D eigenvalue weighted by atomic mass is 9.76. The first-order valence-corrected chi connectivity index (χ1v) is 7.84. The van der Waals surface area contributed by atoms with Crippen LogP contribution in [0.2, 0.25) is 0 Å². The van der Waals surface area contributed by atoms with Crippen LogP contribution in [0.1, 0.15) is 37.7 Å². The lowest BCUT2D eigenvalue weighted by Crippen LogP contribution is -2.51. The van der Waals surface area contributed by atoms with Gasteiger partial charge in [0.05, 0.1) is 0 Å². The summed E-state index contributed by atoms with van der Waals surface area (Å²) < 4.78 is 40.6. The number of ketones is 1. The predicted octanol–water partition coefficient (Wildman–Crippen LogP) is 3.48. The number of piperidine rings is 2. The van der Waals surface area contributed by atoms with Crippen LogP contribution >= 0.6 is 0 Å². The van der Waals surface area contributed by atoms with E-state index >= 15 is 0 Å². The SMILES string of the molecule is CN1C2CCCC1CC(C(=O)Cc1c(F)ccc(F)c1F)C2. The summed E-state index contributed by atoms with van der Waals surface area (Å²) in [7, 11) is 2.08. The van der Waals surface area contributed by atoms with Gasteiger partial charge >= 0.3 is 0 Å². The Kier molecular flexibility index (Phi) is 4.26. The second kappa shape index (κ2) is 6.03. The van der Waals surface area contributed by atoms with Crippen LogP contribution in [0, 0.1) is 23.4 Å². The number of hydrogen-bond donors (Lipinski definition) is 0. The Labute approximate surface area is 128 Å². The third kappa shape index (κ3) is 2.78. The molecule has 0 amide bonds. The van der Waals surface area contributed by atoms with Crippen LogP contribution < -0.4 is 0 Å². The van der Waals surface area contributed by atoms with Crippen LogP contribution in [0.5, 0.6) is 0 Å². The molecule has 2 heterocycles. The molecule has 0 radical (unpaired) electrons. The minimum Gasteiger partial charge on any atom is -0.300 e.